The lowest BCUT2D eigenvalue weighted by molar-refractivity contribution is 0.0488. The van der Waals surface area contributed by atoms with Gasteiger partial charge in [0.15, 0.2) is 15.4 Å². The fourth-order valence-electron chi connectivity index (χ4n) is 7.36. The smallest absolute Gasteiger partial charge is 0.413 e. The summed E-state index contributed by atoms with van der Waals surface area (Å²) in [6.07, 6.45) is 5.22. The Morgan fingerprint density at radius 1 is 0.569 bits per heavy atom. The number of urea groups is 1. The fourth-order valence-corrected chi connectivity index (χ4v) is 10.5. The van der Waals surface area contributed by atoms with Crippen molar-refractivity contribution in [1.29, 1.82) is 5.26 Å². The number of carbonyl (C=O) groups is 5. The van der Waals surface area contributed by atoms with Gasteiger partial charge in [-0.25, -0.2) is 38.9 Å². The zero-order chi connectivity index (χ0) is 53.2. The van der Waals surface area contributed by atoms with Crippen LogP contribution in [0.1, 0.15) is 140 Å². The highest BCUT2D eigenvalue weighted by Gasteiger charge is 2.29. The number of hydrogen-bond donors (Lipinski definition) is 7. The lowest BCUT2D eigenvalue weighted by Crippen LogP contribution is -2.41. The first kappa shape index (κ1) is 56.7. The molecule has 72 heavy (non-hydrogen) atoms. The molecule has 3 aliphatic rings. The van der Waals surface area contributed by atoms with Crippen molar-refractivity contribution >= 4 is 85.5 Å². The van der Waals surface area contributed by atoms with Gasteiger partial charge in [0.25, 0.3) is 0 Å². The van der Waals surface area contributed by atoms with E-state index in [-0.39, 0.29) is 24.2 Å². The average Bonchev–Trinajstić information content (AvgIpc) is 3.92. The summed E-state index contributed by atoms with van der Waals surface area (Å²) >= 11 is 4.33. The Bertz CT molecular complexity index is 2590. The molecule has 7 rings (SSSR count). The first-order chi connectivity index (χ1) is 33.5. The van der Waals surface area contributed by atoms with E-state index in [1.54, 1.807) is 24.3 Å². The summed E-state index contributed by atoms with van der Waals surface area (Å²) in [7, 11) is 0. The molecule has 23 heteroatoms. The number of aromatic nitrogens is 3. The first-order valence-electron chi connectivity index (χ1n) is 23.7. The SMILES string of the molecule is CC(C)(C)OC(=O)NC1CCc2nc(N)sc2C1.CC(C)(C)OC(=O)NC1CCc2nc(NC(=O)Nc3cccc(C#N)c3)sc2C1.CC(C)(C)OC(=O)Nc1nc2c(s1)CC(NC(=O)OC(C)(C)C)CC2. The van der Waals surface area contributed by atoms with Gasteiger partial charge in [-0.2, -0.15) is 5.26 Å². The van der Waals surface area contributed by atoms with Crippen molar-refractivity contribution in [2.75, 3.05) is 21.7 Å². The molecular formula is C49H69N11O9S3. The average molecular weight is 1050 g/mol. The number of carbonyl (C=O) groups excluding carboxylic acids is 5. The van der Waals surface area contributed by atoms with Crippen molar-refractivity contribution in [3.8, 4) is 6.07 Å². The van der Waals surface area contributed by atoms with E-state index in [1.165, 1.54) is 38.9 Å². The molecule has 392 valence electrons. The summed E-state index contributed by atoms with van der Waals surface area (Å²) in [6, 6.07) is 8.39. The maximum Gasteiger partial charge on any atom is 0.413 e. The molecule has 1 aromatic carbocycles. The van der Waals surface area contributed by atoms with E-state index < -0.39 is 46.7 Å². The highest BCUT2D eigenvalue weighted by atomic mass is 32.1. The van der Waals surface area contributed by atoms with E-state index in [1.807, 2.05) is 89.2 Å². The van der Waals surface area contributed by atoms with Gasteiger partial charge in [0.1, 0.15) is 22.4 Å². The number of rotatable bonds is 6. The molecule has 20 nitrogen and oxygen atoms in total. The number of nitrogen functional groups attached to an aromatic ring is 1. The van der Waals surface area contributed by atoms with Crippen LogP contribution in [0.25, 0.3) is 0 Å². The van der Waals surface area contributed by atoms with E-state index in [2.05, 4.69) is 46.9 Å². The highest BCUT2D eigenvalue weighted by Crippen LogP contribution is 2.32. The number of aryl methyl sites for hydroxylation is 3. The number of nitrogens with two attached hydrogens (primary N) is 1. The number of benzene rings is 1. The lowest BCUT2D eigenvalue weighted by atomic mass is 9.98. The Balaban J connectivity index is 0.000000206. The molecule has 0 bridgehead atoms. The van der Waals surface area contributed by atoms with Crippen molar-refractivity contribution < 1.29 is 42.9 Å². The van der Waals surface area contributed by atoms with Crippen LogP contribution in [0.4, 0.5) is 45.1 Å². The first-order valence-corrected chi connectivity index (χ1v) is 26.2. The zero-order valence-electron chi connectivity index (χ0n) is 43.2. The zero-order valence-corrected chi connectivity index (χ0v) is 45.6. The second kappa shape index (κ2) is 24.0. The van der Waals surface area contributed by atoms with Gasteiger partial charge >= 0.3 is 30.4 Å². The van der Waals surface area contributed by atoms with Crippen LogP contribution >= 0.6 is 34.0 Å². The number of anilines is 4. The monoisotopic (exact) mass is 1050 g/mol. The van der Waals surface area contributed by atoms with Gasteiger partial charge in [0, 0.05) is 57.7 Å². The molecule has 0 radical (unpaired) electrons. The van der Waals surface area contributed by atoms with Gasteiger partial charge in [-0.05, 0) is 140 Å². The summed E-state index contributed by atoms with van der Waals surface area (Å²) in [4.78, 5) is 76.1. The van der Waals surface area contributed by atoms with Gasteiger partial charge in [-0.15, -0.1) is 34.0 Å². The van der Waals surface area contributed by atoms with Crippen LogP contribution in [0.2, 0.25) is 0 Å². The van der Waals surface area contributed by atoms with Crippen molar-refractivity contribution in [3.05, 3.63) is 61.5 Å². The van der Waals surface area contributed by atoms with Gasteiger partial charge in [0.2, 0.25) is 0 Å². The minimum atomic E-state index is -0.552. The summed E-state index contributed by atoms with van der Waals surface area (Å²) < 4.78 is 21.1. The lowest BCUT2D eigenvalue weighted by Gasteiger charge is -2.25. The van der Waals surface area contributed by atoms with Crippen LogP contribution in [0.5, 0.6) is 0 Å². The van der Waals surface area contributed by atoms with Crippen LogP contribution in [0.3, 0.4) is 0 Å². The molecule has 0 saturated carbocycles. The Morgan fingerprint density at radius 2 is 0.958 bits per heavy atom. The Kier molecular flexibility index (Phi) is 18.9. The van der Waals surface area contributed by atoms with E-state index in [0.29, 0.717) is 39.5 Å². The third-order valence-electron chi connectivity index (χ3n) is 10.1. The number of thiazole rings is 3. The number of nitriles is 1. The van der Waals surface area contributed by atoms with Crippen LogP contribution in [-0.2, 0) is 57.5 Å². The number of fused-ring (bicyclic) bond motifs is 3. The minimum Gasteiger partial charge on any atom is -0.444 e. The maximum atomic E-state index is 12.2. The number of nitrogens with zero attached hydrogens (tertiary/aromatic N) is 4. The molecule has 3 heterocycles. The van der Waals surface area contributed by atoms with E-state index in [0.717, 1.165) is 71.8 Å². The van der Waals surface area contributed by atoms with Crippen molar-refractivity contribution in [2.45, 2.75) is 181 Å². The number of ether oxygens (including phenoxy) is 4. The van der Waals surface area contributed by atoms with Crippen LogP contribution in [0.15, 0.2) is 24.3 Å². The van der Waals surface area contributed by atoms with Crippen molar-refractivity contribution in [1.82, 2.24) is 30.9 Å². The number of alkyl carbamates (subject to hydrolysis) is 3. The Hall–Kier alpha value is -6.25. The van der Waals surface area contributed by atoms with Gasteiger partial charge < -0.3 is 45.9 Å². The van der Waals surface area contributed by atoms with Crippen LogP contribution in [0, 0.1) is 11.3 Å². The van der Waals surface area contributed by atoms with Crippen molar-refractivity contribution in [2.24, 2.45) is 0 Å². The fraction of sp³-hybridized carbons (Fsp3) is 0.571. The third kappa shape index (κ3) is 19.7. The van der Waals surface area contributed by atoms with E-state index in [9.17, 15) is 24.0 Å². The minimum absolute atomic E-state index is 0.0113. The summed E-state index contributed by atoms with van der Waals surface area (Å²) in [6.45, 7) is 22.0. The predicted molar refractivity (Wildman–Crippen MR) is 280 cm³/mol. The molecule has 3 aliphatic carbocycles. The van der Waals surface area contributed by atoms with Gasteiger partial charge in [0.05, 0.1) is 28.7 Å². The normalized spacial score (nSPS) is 17.1. The molecule has 4 aromatic rings. The summed E-state index contributed by atoms with van der Waals surface area (Å²) in [5.74, 6) is 0. The molecule has 0 spiro atoms. The van der Waals surface area contributed by atoms with Crippen LogP contribution in [-0.4, -0.2) is 85.9 Å². The molecule has 3 aromatic heterocycles. The number of nitrogens with one attached hydrogen (secondary N) is 6. The summed E-state index contributed by atoms with van der Waals surface area (Å²) in [5.41, 5.74) is 7.62. The van der Waals surface area contributed by atoms with E-state index in [4.69, 9.17) is 29.9 Å². The second-order valence-corrected chi connectivity index (χ2v) is 24.6. The molecule has 0 saturated heterocycles. The molecular weight excluding hydrogens is 983 g/mol. The molecule has 8 N–H and O–H groups in total. The summed E-state index contributed by atoms with van der Waals surface area (Å²) in [5, 5.41) is 27.4. The number of amides is 6. The Labute approximate surface area is 433 Å². The molecule has 6 amide bonds. The number of hydrogen-bond acceptors (Lipinski definition) is 17. The standard InChI is InChI=1S/C20H23N5O3S.C17H27N3O4S.C12H19N3O2S/c1-20(2,3)28-19(27)23-14-7-8-15-16(10-14)29-18(24-15)25-17(26)22-13-6-4-5-12(9-13)11-21;1-16(2,3)23-14(21)18-10-7-8-11-12(9-10)25-13(19-11)20-15(22)24-17(4,5)6;1-12(2,3)17-11(16)14-7-4-5-8-9(6-7)18-10(13)15-8/h4-6,9,14H,7-8,10H2,1-3H3,(H,23,27)(H2,22,24,25,26);10H,7-9H2,1-6H3,(H,18,21)(H,19,20,22);7H,4-6H2,1-3H3,(H2,13,15)(H,14,16). The largest absolute Gasteiger partial charge is 0.444 e. The molecule has 3 atom stereocenters. The second-order valence-electron chi connectivity index (χ2n) is 21.4. The van der Waals surface area contributed by atoms with Gasteiger partial charge in [-0.3, -0.25) is 10.6 Å². The Morgan fingerprint density at radius 3 is 1.38 bits per heavy atom. The predicted octanol–water partition coefficient (Wildman–Crippen LogP) is 10.0. The van der Waals surface area contributed by atoms with Gasteiger partial charge in [-0.1, -0.05) is 6.07 Å². The quantitative estimate of drug-likeness (QED) is 0.0885. The molecule has 0 fully saturated rings. The topological polar surface area (TPSA) is 283 Å². The maximum absolute atomic E-state index is 12.2. The van der Waals surface area contributed by atoms with E-state index >= 15 is 0 Å². The van der Waals surface area contributed by atoms with Crippen LogP contribution < -0.4 is 37.6 Å². The van der Waals surface area contributed by atoms with Crippen molar-refractivity contribution in [3.63, 3.8) is 0 Å². The molecule has 3 unspecified atom stereocenters. The third-order valence-corrected chi connectivity index (χ3v) is 13.1. The highest BCUT2D eigenvalue weighted by molar-refractivity contribution is 7.16. The molecule has 0 aliphatic heterocycles.